The van der Waals surface area contributed by atoms with Gasteiger partial charge in [-0.05, 0) is 25.3 Å². The van der Waals surface area contributed by atoms with Crippen LogP contribution in [-0.2, 0) is 6.54 Å². The summed E-state index contributed by atoms with van der Waals surface area (Å²) in [6, 6.07) is 1.67. The predicted octanol–water partition coefficient (Wildman–Crippen LogP) is 3.47. The van der Waals surface area contributed by atoms with Gasteiger partial charge in [0.15, 0.2) is 0 Å². The van der Waals surface area contributed by atoms with E-state index in [1.165, 1.54) is 43.4 Å². The lowest BCUT2D eigenvalue weighted by Gasteiger charge is -2.34. The summed E-state index contributed by atoms with van der Waals surface area (Å²) < 4.78 is 0. The first-order valence-electron chi connectivity index (χ1n) is 6.06. The third-order valence-electron chi connectivity index (χ3n) is 3.50. The fraction of sp³-hybridized carbons (Fsp3) is 0.667. The molecule has 1 saturated carbocycles. The predicted molar refractivity (Wildman–Crippen MR) is 69.3 cm³/mol. The van der Waals surface area contributed by atoms with E-state index in [1.807, 2.05) is 5.38 Å². The first-order valence-corrected chi connectivity index (χ1v) is 6.94. The second-order valence-electron chi connectivity index (χ2n) is 5.03. The molecule has 0 aliphatic heterocycles. The average molecular weight is 254 g/mol. The van der Waals surface area contributed by atoms with Gasteiger partial charge < -0.3 is 5.32 Å². The Hall–Kier alpha value is -0.940. The highest BCUT2D eigenvalue weighted by molar-refractivity contribution is 7.13. The highest BCUT2D eigenvalue weighted by Gasteiger charge is 2.26. The molecule has 0 atom stereocenters. The number of thiophene rings is 1. The Morgan fingerprint density at radius 2 is 2.18 bits per heavy atom. The van der Waals surface area contributed by atoms with Gasteiger partial charge in [-0.2, -0.15) is 0 Å². The summed E-state index contributed by atoms with van der Waals surface area (Å²) in [5.41, 5.74) is 1.24. The van der Waals surface area contributed by atoms with Crippen molar-refractivity contribution in [3.8, 4) is 0 Å². The topological polar surface area (TPSA) is 55.2 Å². The van der Waals surface area contributed by atoms with Crippen molar-refractivity contribution in [2.75, 3.05) is 0 Å². The van der Waals surface area contributed by atoms with Crippen molar-refractivity contribution in [3.63, 3.8) is 0 Å². The summed E-state index contributed by atoms with van der Waals surface area (Å²) in [5.74, 6) is 0. The lowest BCUT2D eigenvalue weighted by Crippen LogP contribution is -2.43. The molecule has 0 saturated heterocycles. The zero-order valence-electron chi connectivity index (χ0n) is 10.1. The van der Waals surface area contributed by atoms with Gasteiger partial charge >= 0.3 is 5.00 Å². The minimum absolute atomic E-state index is 0.217. The molecule has 5 heteroatoms. The molecule has 94 valence electrons. The van der Waals surface area contributed by atoms with Gasteiger partial charge in [-0.15, -0.1) is 0 Å². The summed E-state index contributed by atoms with van der Waals surface area (Å²) in [4.78, 5) is 10.3. The van der Waals surface area contributed by atoms with Crippen LogP contribution >= 0.6 is 11.3 Å². The van der Waals surface area contributed by atoms with Crippen LogP contribution in [0.15, 0.2) is 11.4 Å². The summed E-state index contributed by atoms with van der Waals surface area (Å²) in [5, 5.41) is 16.2. The minimum atomic E-state index is -0.323. The molecule has 0 unspecified atom stereocenters. The lowest BCUT2D eigenvalue weighted by atomic mass is 9.83. The zero-order valence-corrected chi connectivity index (χ0v) is 10.9. The van der Waals surface area contributed by atoms with E-state index < -0.39 is 0 Å². The molecule has 1 aromatic heterocycles. The SMILES string of the molecule is CC1(NCc2csc([N+](=O)[O-])c2)CCCCC1. The molecule has 2 rings (SSSR count). The van der Waals surface area contributed by atoms with Crippen LogP contribution in [0.5, 0.6) is 0 Å². The Morgan fingerprint density at radius 1 is 1.47 bits per heavy atom. The van der Waals surface area contributed by atoms with E-state index in [4.69, 9.17) is 0 Å². The Kier molecular flexibility index (Phi) is 3.79. The van der Waals surface area contributed by atoms with Crippen LogP contribution in [0.4, 0.5) is 5.00 Å². The molecule has 17 heavy (non-hydrogen) atoms. The summed E-state index contributed by atoms with van der Waals surface area (Å²) in [6.07, 6.45) is 6.32. The molecule has 4 nitrogen and oxygen atoms in total. The van der Waals surface area contributed by atoms with Gasteiger partial charge in [0.05, 0.1) is 4.92 Å². The molecular weight excluding hydrogens is 236 g/mol. The van der Waals surface area contributed by atoms with Gasteiger partial charge in [-0.3, -0.25) is 10.1 Å². The van der Waals surface area contributed by atoms with Gasteiger partial charge in [0.25, 0.3) is 0 Å². The van der Waals surface area contributed by atoms with Gasteiger partial charge in [-0.25, -0.2) is 0 Å². The molecule has 0 radical (unpaired) electrons. The maximum absolute atomic E-state index is 10.6. The van der Waals surface area contributed by atoms with Gasteiger partial charge in [-0.1, -0.05) is 30.6 Å². The maximum Gasteiger partial charge on any atom is 0.324 e. The van der Waals surface area contributed by atoms with E-state index in [9.17, 15) is 10.1 Å². The molecular formula is C12H18N2O2S. The summed E-state index contributed by atoms with van der Waals surface area (Å²) >= 11 is 1.20. The van der Waals surface area contributed by atoms with E-state index >= 15 is 0 Å². The van der Waals surface area contributed by atoms with Crippen molar-refractivity contribution in [1.82, 2.24) is 5.32 Å². The molecule has 1 aliphatic rings. The van der Waals surface area contributed by atoms with Gasteiger partial charge in [0.1, 0.15) is 0 Å². The Morgan fingerprint density at radius 3 is 2.76 bits per heavy atom. The summed E-state index contributed by atoms with van der Waals surface area (Å²) in [6.45, 7) is 2.99. The number of hydrogen-bond donors (Lipinski definition) is 1. The van der Waals surface area contributed by atoms with Crippen LogP contribution in [0, 0.1) is 10.1 Å². The highest BCUT2D eigenvalue weighted by Crippen LogP contribution is 2.29. The van der Waals surface area contributed by atoms with E-state index in [0.29, 0.717) is 0 Å². The number of nitro groups is 1. The van der Waals surface area contributed by atoms with Crippen molar-refractivity contribution in [2.24, 2.45) is 0 Å². The van der Waals surface area contributed by atoms with E-state index in [0.717, 1.165) is 12.1 Å². The normalized spacial score (nSPS) is 19.1. The Labute approximate surface area is 105 Å². The third kappa shape index (κ3) is 3.26. The van der Waals surface area contributed by atoms with Crippen LogP contribution in [0.2, 0.25) is 0 Å². The van der Waals surface area contributed by atoms with Gasteiger partial charge in [0, 0.05) is 23.5 Å². The Balaban J connectivity index is 1.90. The first kappa shape index (κ1) is 12.5. The molecule has 0 bridgehead atoms. The van der Waals surface area contributed by atoms with Crippen molar-refractivity contribution in [3.05, 3.63) is 27.1 Å². The molecule has 1 heterocycles. The van der Waals surface area contributed by atoms with Crippen LogP contribution in [0.25, 0.3) is 0 Å². The molecule has 1 aliphatic carbocycles. The fourth-order valence-electron chi connectivity index (χ4n) is 2.38. The van der Waals surface area contributed by atoms with Gasteiger partial charge in [0.2, 0.25) is 0 Å². The standard InChI is InChI=1S/C12H18N2O2S/c1-12(5-3-2-4-6-12)13-8-10-7-11(14(15)16)17-9-10/h7,9,13H,2-6,8H2,1H3. The second-order valence-corrected chi connectivity index (χ2v) is 5.91. The minimum Gasteiger partial charge on any atom is -0.307 e. The number of nitrogens with one attached hydrogen (secondary N) is 1. The molecule has 1 N–H and O–H groups in total. The van der Waals surface area contributed by atoms with Crippen LogP contribution in [0.1, 0.15) is 44.6 Å². The highest BCUT2D eigenvalue weighted by atomic mass is 32.1. The average Bonchev–Trinajstić information content (AvgIpc) is 2.76. The van der Waals surface area contributed by atoms with Crippen LogP contribution in [-0.4, -0.2) is 10.5 Å². The summed E-state index contributed by atoms with van der Waals surface area (Å²) in [7, 11) is 0. The smallest absolute Gasteiger partial charge is 0.307 e. The number of rotatable bonds is 4. The van der Waals surface area contributed by atoms with Crippen LogP contribution in [0.3, 0.4) is 0 Å². The number of nitrogens with zero attached hydrogens (tertiary/aromatic N) is 1. The Bertz CT molecular complexity index is 397. The fourth-order valence-corrected chi connectivity index (χ4v) is 3.10. The zero-order chi connectivity index (χ0) is 12.3. The molecule has 0 spiro atoms. The van der Waals surface area contributed by atoms with Crippen molar-refractivity contribution in [2.45, 2.75) is 51.1 Å². The van der Waals surface area contributed by atoms with Crippen molar-refractivity contribution in [1.29, 1.82) is 0 Å². The largest absolute Gasteiger partial charge is 0.324 e. The molecule has 1 aromatic rings. The third-order valence-corrected chi connectivity index (χ3v) is 4.43. The maximum atomic E-state index is 10.6. The molecule has 1 fully saturated rings. The second kappa shape index (κ2) is 5.14. The monoisotopic (exact) mass is 254 g/mol. The van der Waals surface area contributed by atoms with Crippen LogP contribution < -0.4 is 5.32 Å². The molecule has 0 aromatic carbocycles. The molecule has 0 amide bonds. The van der Waals surface area contributed by atoms with E-state index in [1.54, 1.807) is 6.07 Å². The number of hydrogen-bond acceptors (Lipinski definition) is 4. The van der Waals surface area contributed by atoms with E-state index in [2.05, 4.69) is 12.2 Å². The lowest BCUT2D eigenvalue weighted by molar-refractivity contribution is -0.380. The first-order chi connectivity index (χ1) is 8.09. The van der Waals surface area contributed by atoms with Crippen molar-refractivity contribution < 1.29 is 4.92 Å². The van der Waals surface area contributed by atoms with Crippen molar-refractivity contribution >= 4 is 16.3 Å². The quantitative estimate of drug-likeness (QED) is 0.661. The van der Waals surface area contributed by atoms with E-state index in [-0.39, 0.29) is 15.5 Å².